The lowest BCUT2D eigenvalue weighted by molar-refractivity contribution is -0.0663. The SMILES string of the molecule is O=C(c1ccc(F)cc1)N1CCC(O)(Cc2ccnn2-c2ccc(OCC3(O)CCC3)cc2)CC1. The van der Waals surface area contributed by atoms with Crippen LogP contribution in [0.1, 0.15) is 48.2 Å². The summed E-state index contributed by atoms with van der Waals surface area (Å²) in [5.41, 5.74) is 0.542. The Kier molecular flexibility index (Phi) is 6.34. The van der Waals surface area contributed by atoms with E-state index >= 15 is 0 Å². The smallest absolute Gasteiger partial charge is 0.253 e. The number of rotatable bonds is 7. The number of halogens is 1. The van der Waals surface area contributed by atoms with Crippen LogP contribution in [-0.4, -0.2) is 61.7 Å². The van der Waals surface area contributed by atoms with Crippen LogP contribution in [0.2, 0.25) is 0 Å². The minimum atomic E-state index is -0.946. The van der Waals surface area contributed by atoms with Gasteiger partial charge in [-0.1, -0.05) is 0 Å². The summed E-state index contributed by atoms with van der Waals surface area (Å²) >= 11 is 0. The van der Waals surface area contributed by atoms with Crippen molar-refractivity contribution < 1.29 is 24.1 Å². The molecule has 1 aliphatic heterocycles. The number of hydrogen-bond donors (Lipinski definition) is 2. The maximum absolute atomic E-state index is 13.2. The first-order valence-corrected chi connectivity index (χ1v) is 12.1. The Labute approximate surface area is 203 Å². The van der Waals surface area contributed by atoms with Gasteiger partial charge in [0.2, 0.25) is 0 Å². The fraction of sp³-hybridized carbons (Fsp3) is 0.407. The van der Waals surface area contributed by atoms with E-state index in [9.17, 15) is 19.4 Å². The van der Waals surface area contributed by atoms with Gasteiger partial charge in [-0.3, -0.25) is 4.79 Å². The highest BCUT2D eigenvalue weighted by Crippen LogP contribution is 2.32. The summed E-state index contributed by atoms with van der Waals surface area (Å²) in [4.78, 5) is 14.4. The van der Waals surface area contributed by atoms with Crippen LogP contribution in [-0.2, 0) is 6.42 Å². The molecule has 0 radical (unpaired) electrons. The van der Waals surface area contributed by atoms with E-state index in [-0.39, 0.29) is 11.7 Å². The number of carbonyl (C=O) groups excluding carboxylic acids is 1. The molecule has 1 amide bonds. The molecule has 2 heterocycles. The third-order valence-electron chi connectivity index (χ3n) is 7.18. The fourth-order valence-corrected chi connectivity index (χ4v) is 4.74. The third-order valence-corrected chi connectivity index (χ3v) is 7.18. The van der Waals surface area contributed by atoms with Gasteiger partial charge in [0.15, 0.2) is 0 Å². The lowest BCUT2D eigenvalue weighted by Crippen LogP contribution is -2.48. The normalized spacial score (nSPS) is 18.7. The summed E-state index contributed by atoms with van der Waals surface area (Å²) in [6.07, 6.45) is 5.61. The van der Waals surface area contributed by atoms with Crippen LogP contribution in [0.15, 0.2) is 60.8 Å². The van der Waals surface area contributed by atoms with E-state index in [0.717, 1.165) is 30.6 Å². The molecule has 2 fully saturated rings. The molecule has 1 saturated carbocycles. The van der Waals surface area contributed by atoms with E-state index in [1.165, 1.54) is 24.3 Å². The summed E-state index contributed by atoms with van der Waals surface area (Å²) < 4.78 is 20.7. The summed E-state index contributed by atoms with van der Waals surface area (Å²) in [6.45, 7) is 1.16. The first-order valence-electron chi connectivity index (χ1n) is 12.1. The number of piperidine rings is 1. The molecule has 2 aliphatic rings. The number of nitrogens with zero attached hydrogens (tertiary/aromatic N) is 3. The van der Waals surface area contributed by atoms with Gasteiger partial charge in [-0.2, -0.15) is 5.10 Å². The highest BCUT2D eigenvalue weighted by molar-refractivity contribution is 5.94. The molecule has 0 atom stereocenters. The van der Waals surface area contributed by atoms with Crippen LogP contribution < -0.4 is 4.74 Å². The molecular formula is C27H30FN3O4. The van der Waals surface area contributed by atoms with Crippen molar-refractivity contribution in [2.45, 2.75) is 49.7 Å². The number of aromatic nitrogens is 2. The van der Waals surface area contributed by atoms with Gasteiger partial charge < -0.3 is 19.8 Å². The third kappa shape index (κ3) is 5.23. The minimum absolute atomic E-state index is 0.149. The Balaban J connectivity index is 1.20. The van der Waals surface area contributed by atoms with Gasteiger partial charge in [-0.25, -0.2) is 9.07 Å². The summed E-state index contributed by atoms with van der Waals surface area (Å²) in [5, 5.41) is 25.9. The number of likely N-dealkylation sites (tertiary alicyclic amines) is 1. The Morgan fingerprint density at radius 3 is 2.26 bits per heavy atom. The van der Waals surface area contributed by atoms with Crippen molar-refractivity contribution in [3.63, 3.8) is 0 Å². The summed E-state index contributed by atoms with van der Waals surface area (Å²) in [6, 6.07) is 15.0. The molecule has 3 aromatic rings. The predicted molar refractivity (Wildman–Crippen MR) is 128 cm³/mol. The van der Waals surface area contributed by atoms with Crippen molar-refractivity contribution in [1.82, 2.24) is 14.7 Å². The van der Waals surface area contributed by atoms with Crippen LogP contribution in [0, 0.1) is 5.82 Å². The second-order valence-corrected chi connectivity index (χ2v) is 9.80. The van der Waals surface area contributed by atoms with Crippen LogP contribution in [0.4, 0.5) is 4.39 Å². The van der Waals surface area contributed by atoms with Gasteiger partial charge in [0.05, 0.1) is 16.9 Å². The molecule has 35 heavy (non-hydrogen) atoms. The van der Waals surface area contributed by atoms with Crippen molar-refractivity contribution >= 4 is 5.91 Å². The van der Waals surface area contributed by atoms with E-state index in [2.05, 4.69) is 5.10 Å². The largest absolute Gasteiger partial charge is 0.491 e. The minimum Gasteiger partial charge on any atom is -0.491 e. The number of aliphatic hydroxyl groups is 2. The van der Waals surface area contributed by atoms with Crippen LogP contribution in [0.5, 0.6) is 5.75 Å². The predicted octanol–water partition coefficient (Wildman–Crippen LogP) is 3.52. The average Bonchev–Trinajstić information content (AvgIpc) is 3.30. The van der Waals surface area contributed by atoms with Crippen molar-refractivity contribution in [3.05, 3.63) is 77.9 Å². The highest BCUT2D eigenvalue weighted by Gasteiger charge is 2.36. The zero-order valence-electron chi connectivity index (χ0n) is 19.6. The van der Waals surface area contributed by atoms with Crippen molar-refractivity contribution in [2.75, 3.05) is 19.7 Å². The van der Waals surface area contributed by atoms with Gasteiger partial charge in [-0.15, -0.1) is 0 Å². The molecule has 8 heteroatoms. The molecular weight excluding hydrogens is 449 g/mol. The molecule has 1 aromatic heterocycles. The maximum Gasteiger partial charge on any atom is 0.253 e. The van der Waals surface area contributed by atoms with E-state index < -0.39 is 11.2 Å². The van der Waals surface area contributed by atoms with Crippen molar-refractivity contribution in [3.8, 4) is 11.4 Å². The number of carbonyl (C=O) groups is 1. The molecule has 0 bridgehead atoms. The van der Waals surface area contributed by atoms with Crippen LogP contribution in [0.3, 0.4) is 0 Å². The van der Waals surface area contributed by atoms with Gasteiger partial charge >= 0.3 is 0 Å². The fourth-order valence-electron chi connectivity index (χ4n) is 4.74. The molecule has 2 aromatic carbocycles. The van der Waals surface area contributed by atoms with Gasteiger partial charge in [0.25, 0.3) is 5.91 Å². The average molecular weight is 480 g/mol. The highest BCUT2D eigenvalue weighted by atomic mass is 19.1. The van der Waals surface area contributed by atoms with E-state index in [1.54, 1.807) is 15.8 Å². The standard InChI is InChI=1S/C27H30FN3O4/c28-21-4-2-20(3-5-21)25(32)30-16-13-26(33,14-17-30)18-23-10-15-29-31(23)22-6-8-24(9-7-22)35-19-27(34)11-1-12-27/h2-10,15,33-34H,1,11-14,16-19H2. The number of amides is 1. The molecule has 0 spiro atoms. The van der Waals surface area contributed by atoms with E-state index in [4.69, 9.17) is 4.74 Å². The first kappa shape index (κ1) is 23.5. The summed E-state index contributed by atoms with van der Waals surface area (Å²) in [7, 11) is 0. The zero-order chi connectivity index (χ0) is 24.5. The van der Waals surface area contributed by atoms with Crippen LogP contribution >= 0.6 is 0 Å². The second kappa shape index (κ2) is 9.43. The maximum atomic E-state index is 13.2. The molecule has 1 aliphatic carbocycles. The number of benzene rings is 2. The van der Waals surface area contributed by atoms with Gasteiger partial charge in [0, 0.05) is 37.0 Å². The first-order chi connectivity index (χ1) is 16.8. The zero-order valence-corrected chi connectivity index (χ0v) is 19.6. The Bertz CT molecular complexity index is 1160. The quantitative estimate of drug-likeness (QED) is 0.542. The number of ether oxygens (including phenoxy) is 1. The second-order valence-electron chi connectivity index (χ2n) is 9.80. The molecule has 5 rings (SSSR count). The molecule has 0 unspecified atom stereocenters. The van der Waals surface area contributed by atoms with Gasteiger partial charge in [0.1, 0.15) is 18.2 Å². The molecule has 184 valence electrons. The Morgan fingerprint density at radius 1 is 0.943 bits per heavy atom. The lowest BCUT2D eigenvalue weighted by atomic mass is 9.81. The molecule has 1 saturated heterocycles. The Hall–Kier alpha value is -3.23. The Morgan fingerprint density at radius 2 is 1.63 bits per heavy atom. The summed E-state index contributed by atoms with van der Waals surface area (Å²) in [5.74, 6) is 0.170. The van der Waals surface area contributed by atoms with Gasteiger partial charge in [-0.05, 0) is 86.7 Å². The number of hydrogen-bond acceptors (Lipinski definition) is 5. The molecule has 7 nitrogen and oxygen atoms in total. The topological polar surface area (TPSA) is 87.8 Å². The van der Waals surface area contributed by atoms with E-state index in [1.807, 2.05) is 30.3 Å². The van der Waals surface area contributed by atoms with Crippen molar-refractivity contribution in [1.29, 1.82) is 0 Å². The van der Waals surface area contributed by atoms with Crippen LogP contribution in [0.25, 0.3) is 5.69 Å². The lowest BCUT2D eigenvalue weighted by Gasteiger charge is -2.38. The van der Waals surface area contributed by atoms with Crippen molar-refractivity contribution in [2.24, 2.45) is 0 Å². The monoisotopic (exact) mass is 479 g/mol. The molecule has 2 N–H and O–H groups in total. The van der Waals surface area contributed by atoms with E-state index in [0.29, 0.717) is 50.3 Å².